The van der Waals surface area contributed by atoms with E-state index < -0.39 is 21.7 Å². The number of carbonyl (C=O) groups is 1. The molecule has 4 rings (SSSR count). The Balaban J connectivity index is 1.83. The van der Waals surface area contributed by atoms with E-state index in [-0.39, 0.29) is 18.1 Å². The molecule has 1 unspecified atom stereocenters. The number of esters is 1. The number of nitrogens with zero attached hydrogens (tertiary/aromatic N) is 1. The number of carbonyl (C=O) groups excluding carboxylic acids is 1. The van der Waals surface area contributed by atoms with Crippen LogP contribution in [0.15, 0.2) is 71.8 Å². The Morgan fingerprint density at radius 3 is 2.46 bits per heavy atom. The molecule has 0 aliphatic heterocycles. The van der Waals surface area contributed by atoms with Crippen molar-refractivity contribution in [3.05, 3.63) is 89.4 Å². The summed E-state index contributed by atoms with van der Waals surface area (Å²) < 4.78 is 37.5. The van der Waals surface area contributed by atoms with Crippen molar-refractivity contribution in [1.82, 2.24) is 9.97 Å². The third kappa shape index (κ3) is 5.38. The number of sulfone groups is 1. The summed E-state index contributed by atoms with van der Waals surface area (Å²) in [6.07, 6.45) is 3.15. The Morgan fingerprint density at radius 2 is 1.80 bits per heavy atom. The molecular weight excluding hydrogens is 464 g/mol. The van der Waals surface area contributed by atoms with Gasteiger partial charge in [0, 0.05) is 34.6 Å². The zero-order chi connectivity index (χ0) is 25.0. The number of hydrogen-bond acceptors (Lipinski definition) is 6. The van der Waals surface area contributed by atoms with Crippen molar-refractivity contribution in [2.24, 2.45) is 0 Å². The highest BCUT2D eigenvalue weighted by atomic mass is 32.2. The van der Waals surface area contributed by atoms with Crippen LogP contribution in [0.3, 0.4) is 0 Å². The van der Waals surface area contributed by atoms with Crippen LogP contribution in [0, 0.1) is 6.92 Å². The molecule has 1 N–H and O–H groups in total. The molecule has 0 bridgehead atoms. The van der Waals surface area contributed by atoms with Gasteiger partial charge in [-0.1, -0.05) is 36.4 Å². The maximum absolute atomic E-state index is 13.1. The first-order chi connectivity index (χ1) is 16.8. The van der Waals surface area contributed by atoms with E-state index in [0.717, 1.165) is 17.5 Å². The Hall–Kier alpha value is -3.65. The van der Waals surface area contributed by atoms with E-state index in [1.165, 1.54) is 0 Å². The van der Waals surface area contributed by atoms with E-state index in [4.69, 9.17) is 9.47 Å². The highest BCUT2D eigenvalue weighted by Gasteiger charge is 2.32. The molecule has 0 aliphatic carbocycles. The topological polar surface area (TPSA) is 98.3 Å². The quantitative estimate of drug-likeness (QED) is 0.339. The molecule has 8 heteroatoms. The van der Waals surface area contributed by atoms with E-state index >= 15 is 0 Å². The molecule has 0 saturated heterocycles. The minimum Gasteiger partial charge on any atom is -0.487 e. The van der Waals surface area contributed by atoms with Gasteiger partial charge in [-0.25, -0.2) is 8.42 Å². The summed E-state index contributed by atoms with van der Waals surface area (Å²) in [6.45, 7) is 4.00. The molecule has 0 radical (unpaired) electrons. The number of aryl methyl sites for hydroxylation is 1. The fourth-order valence-corrected chi connectivity index (χ4v) is 5.47. The monoisotopic (exact) mass is 492 g/mol. The molecule has 1 atom stereocenters. The number of pyridine rings is 1. The Bertz CT molecular complexity index is 1430. The van der Waals surface area contributed by atoms with Gasteiger partial charge in [-0.05, 0) is 50.1 Å². The second-order valence-corrected chi connectivity index (χ2v) is 10.3. The van der Waals surface area contributed by atoms with Gasteiger partial charge in [0.05, 0.1) is 17.2 Å². The number of ether oxygens (including phenoxy) is 2. The van der Waals surface area contributed by atoms with E-state index in [1.54, 1.807) is 25.3 Å². The molecular formula is C27H28N2O5S. The van der Waals surface area contributed by atoms with Crippen LogP contribution in [-0.4, -0.2) is 37.2 Å². The molecule has 0 amide bonds. The summed E-state index contributed by atoms with van der Waals surface area (Å²) in [4.78, 5) is 20.6. The lowest BCUT2D eigenvalue weighted by atomic mass is 9.96. The van der Waals surface area contributed by atoms with Crippen LogP contribution in [0.5, 0.6) is 5.75 Å². The van der Waals surface area contributed by atoms with E-state index in [2.05, 4.69) is 9.97 Å². The van der Waals surface area contributed by atoms with Gasteiger partial charge < -0.3 is 14.5 Å². The molecule has 2 aromatic heterocycles. The Morgan fingerprint density at radius 1 is 1.06 bits per heavy atom. The van der Waals surface area contributed by atoms with Crippen LogP contribution in [-0.2, 0) is 32.4 Å². The molecule has 35 heavy (non-hydrogen) atoms. The van der Waals surface area contributed by atoms with E-state index in [0.29, 0.717) is 34.3 Å². The second-order valence-electron chi connectivity index (χ2n) is 8.36. The normalized spacial score (nSPS) is 12.4. The maximum atomic E-state index is 13.1. The second kappa shape index (κ2) is 10.3. The van der Waals surface area contributed by atoms with Crippen molar-refractivity contribution in [3.8, 4) is 5.75 Å². The first kappa shape index (κ1) is 24.5. The maximum Gasteiger partial charge on any atom is 0.315 e. The van der Waals surface area contributed by atoms with Gasteiger partial charge in [0.2, 0.25) is 0 Å². The zero-order valence-corrected chi connectivity index (χ0v) is 20.8. The van der Waals surface area contributed by atoms with Crippen LogP contribution < -0.4 is 4.74 Å². The number of H-pyrrole nitrogens is 1. The van der Waals surface area contributed by atoms with Crippen molar-refractivity contribution in [1.29, 1.82) is 0 Å². The van der Waals surface area contributed by atoms with Crippen LogP contribution in [0.1, 0.15) is 35.4 Å². The van der Waals surface area contributed by atoms with Crippen molar-refractivity contribution < 1.29 is 22.7 Å². The van der Waals surface area contributed by atoms with E-state index in [9.17, 15) is 13.2 Å². The molecule has 0 saturated carbocycles. The lowest BCUT2D eigenvalue weighted by molar-refractivity contribution is -0.145. The first-order valence-electron chi connectivity index (χ1n) is 11.4. The predicted octanol–water partition coefficient (Wildman–Crippen LogP) is 4.74. The van der Waals surface area contributed by atoms with Crippen molar-refractivity contribution in [3.63, 3.8) is 0 Å². The van der Waals surface area contributed by atoms with Crippen LogP contribution >= 0.6 is 0 Å². The van der Waals surface area contributed by atoms with Crippen LogP contribution in [0.25, 0.3) is 10.9 Å². The fourth-order valence-electron chi connectivity index (χ4n) is 4.24. The highest BCUT2D eigenvalue weighted by Crippen LogP contribution is 2.38. The molecule has 2 heterocycles. The lowest BCUT2D eigenvalue weighted by Crippen LogP contribution is -2.20. The van der Waals surface area contributed by atoms with Gasteiger partial charge in [0.15, 0.2) is 9.84 Å². The van der Waals surface area contributed by atoms with Crippen LogP contribution in [0.4, 0.5) is 0 Å². The Labute approximate surface area is 205 Å². The van der Waals surface area contributed by atoms with Gasteiger partial charge in [-0.2, -0.15) is 0 Å². The highest BCUT2D eigenvalue weighted by molar-refractivity contribution is 7.91. The van der Waals surface area contributed by atoms with Crippen molar-refractivity contribution in [2.75, 3.05) is 12.9 Å². The number of rotatable bonds is 9. The lowest BCUT2D eigenvalue weighted by Gasteiger charge is -2.16. The van der Waals surface area contributed by atoms with Crippen molar-refractivity contribution >= 4 is 26.7 Å². The third-order valence-electron chi connectivity index (χ3n) is 5.83. The number of aromatic amines is 1. The standard InChI is InChI=1S/C27H28N2O5S/c1-4-33-27(30)21(16-19-10-6-5-7-11-19)25-26(35(3,31)32)24-18(2)23(14-13-22(24)29-25)34-17-20-12-8-9-15-28-20/h5-15,21,29H,4,16-17H2,1-3H3. The summed E-state index contributed by atoms with van der Waals surface area (Å²) in [5.74, 6) is -0.738. The molecule has 2 aromatic carbocycles. The molecule has 0 fully saturated rings. The van der Waals surface area contributed by atoms with Crippen molar-refractivity contribution in [2.45, 2.75) is 37.7 Å². The number of aromatic nitrogens is 2. The molecule has 0 aliphatic rings. The SMILES string of the molecule is CCOC(=O)C(Cc1ccccc1)c1[nH]c2ccc(OCc3ccccn3)c(C)c2c1S(C)(=O)=O. The van der Waals surface area contributed by atoms with Gasteiger partial charge in [-0.15, -0.1) is 0 Å². The smallest absolute Gasteiger partial charge is 0.315 e. The van der Waals surface area contributed by atoms with Gasteiger partial charge in [0.1, 0.15) is 18.3 Å². The average Bonchev–Trinajstić information content (AvgIpc) is 3.24. The van der Waals surface area contributed by atoms with E-state index in [1.807, 2.05) is 55.5 Å². The van der Waals surface area contributed by atoms with Gasteiger partial charge in [0.25, 0.3) is 0 Å². The molecule has 7 nitrogen and oxygen atoms in total. The number of benzene rings is 2. The summed E-state index contributed by atoms with van der Waals surface area (Å²) in [7, 11) is -3.72. The summed E-state index contributed by atoms with van der Waals surface area (Å²) in [5.41, 5.74) is 3.28. The predicted molar refractivity (Wildman–Crippen MR) is 134 cm³/mol. The number of hydrogen-bond donors (Lipinski definition) is 1. The number of fused-ring (bicyclic) bond motifs is 1. The summed E-state index contributed by atoms with van der Waals surface area (Å²) in [5, 5.41) is 0.517. The van der Waals surface area contributed by atoms with Gasteiger partial charge >= 0.3 is 5.97 Å². The van der Waals surface area contributed by atoms with Crippen LogP contribution in [0.2, 0.25) is 0 Å². The third-order valence-corrected chi connectivity index (χ3v) is 7.00. The summed E-state index contributed by atoms with van der Waals surface area (Å²) >= 11 is 0. The molecule has 182 valence electrons. The summed E-state index contributed by atoms with van der Waals surface area (Å²) in [6, 6.07) is 18.6. The fraction of sp³-hybridized carbons (Fsp3) is 0.259. The first-order valence-corrected chi connectivity index (χ1v) is 13.3. The Kier molecular flexibility index (Phi) is 7.21. The minimum absolute atomic E-state index is 0.0993. The minimum atomic E-state index is -3.72. The largest absolute Gasteiger partial charge is 0.487 e. The molecule has 4 aromatic rings. The van der Waals surface area contributed by atoms with Gasteiger partial charge in [-0.3, -0.25) is 9.78 Å². The molecule has 0 spiro atoms. The average molecular weight is 493 g/mol. The number of nitrogens with one attached hydrogen (secondary N) is 1. The zero-order valence-electron chi connectivity index (χ0n) is 19.9.